The highest BCUT2D eigenvalue weighted by atomic mass is 16.2. The Balaban J connectivity index is 1.88. The van der Waals surface area contributed by atoms with Gasteiger partial charge in [-0.15, -0.1) is 0 Å². The van der Waals surface area contributed by atoms with Crippen LogP contribution < -0.4 is 5.84 Å². The Labute approximate surface area is 99.8 Å². The van der Waals surface area contributed by atoms with Crippen LogP contribution >= 0.6 is 0 Å². The fourth-order valence-electron chi connectivity index (χ4n) is 1.68. The quantitative estimate of drug-likeness (QED) is 0.470. The number of nitrogens with zero attached hydrogens (tertiary/aromatic N) is 3. The molecule has 1 fully saturated rings. The SMILES string of the molecule is N#CC1(N(N)C(=O)CCc2ccncc2)CC1. The molecule has 88 valence electrons. The first-order chi connectivity index (χ1) is 8.18. The highest BCUT2D eigenvalue weighted by molar-refractivity contribution is 5.77. The van der Waals surface area contributed by atoms with Gasteiger partial charge in [0.25, 0.3) is 0 Å². The van der Waals surface area contributed by atoms with Crippen LogP contribution in [0.15, 0.2) is 24.5 Å². The third-order valence-electron chi connectivity index (χ3n) is 3.04. The predicted octanol–water partition coefficient (Wildman–Crippen LogP) is 0.773. The van der Waals surface area contributed by atoms with Crippen molar-refractivity contribution in [2.75, 3.05) is 0 Å². The number of hydrogen-bond donors (Lipinski definition) is 1. The maximum Gasteiger partial charge on any atom is 0.238 e. The summed E-state index contributed by atoms with van der Waals surface area (Å²) in [5.41, 5.74) is 0.318. The van der Waals surface area contributed by atoms with Crippen molar-refractivity contribution in [2.24, 2.45) is 5.84 Å². The molecule has 1 heterocycles. The fourth-order valence-corrected chi connectivity index (χ4v) is 1.68. The number of hydrazine groups is 1. The standard InChI is InChI=1S/C12H14N4O/c13-9-12(5-6-12)16(14)11(17)2-1-10-3-7-15-8-4-10/h3-4,7-8H,1-2,5-6,14H2. The molecule has 1 aliphatic rings. The third kappa shape index (κ3) is 2.43. The number of rotatable bonds is 4. The van der Waals surface area contributed by atoms with Gasteiger partial charge in [-0.25, -0.2) is 5.84 Å². The Bertz CT molecular complexity index is 447. The summed E-state index contributed by atoms with van der Waals surface area (Å²) in [5.74, 6) is 5.50. The summed E-state index contributed by atoms with van der Waals surface area (Å²) in [7, 11) is 0. The topological polar surface area (TPSA) is 83.0 Å². The van der Waals surface area contributed by atoms with Crippen molar-refractivity contribution in [3.05, 3.63) is 30.1 Å². The number of hydrogen-bond acceptors (Lipinski definition) is 4. The number of aryl methyl sites for hydroxylation is 1. The van der Waals surface area contributed by atoms with Crippen LogP contribution in [-0.4, -0.2) is 21.4 Å². The van der Waals surface area contributed by atoms with E-state index in [1.807, 2.05) is 12.1 Å². The zero-order valence-electron chi connectivity index (χ0n) is 9.47. The van der Waals surface area contributed by atoms with Gasteiger partial charge in [0.15, 0.2) is 0 Å². The van der Waals surface area contributed by atoms with Crippen molar-refractivity contribution in [3.63, 3.8) is 0 Å². The van der Waals surface area contributed by atoms with Crippen LogP contribution in [0, 0.1) is 11.3 Å². The fraction of sp³-hybridized carbons (Fsp3) is 0.417. The minimum atomic E-state index is -0.727. The lowest BCUT2D eigenvalue weighted by Crippen LogP contribution is -2.46. The molecule has 0 aliphatic heterocycles. The van der Waals surface area contributed by atoms with Crippen molar-refractivity contribution in [1.82, 2.24) is 9.99 Å². The lowest BCUT2D eigenvalue weighted by molar-refractivity contribution is -0.133. The van der Waals surface area contributed by atoms with Crippen molar-refractivity contribution < 1.29 is 4.79 Å². The Hall–Kier alpha value is -1.93. The Morgan fingerprint density at radius 1 is 1.53 bits per heavy atom. The second-order valence-electron chi connectivity index (χ2n) is 4.26. The summed E-state index contributed by atoms with van der Waals surface area (Å²) < 4.78 is 0. The van der Waals surface area contributed by atoms with Crippen LogP contribution in [0.3, 0.4) is 0 Å². The molecule has 1 aliphatic carbocycles. The van der Waals surface area contributed by atoms with Gasteiger partial charge in [0.05, 0.1) is 6.07 Å². The second kappa shape index (κ2) is 4.52. The zero-order valence-corrected chi connectivity index (χ0v) is 9.47. The summed E-state index contributed by atoms with van der Waals surface area (Å²) in [6.07, 6.45) is 5.69. The number of amides is 1. The molecular formula is C12H14N4O. The van der Waals surface area contributed by atoms with E-state index in [1.54, 1.807) is 12.4 Å². The molecule has 17 heavy (non-hydrogen) atoms. The lowest BCUT2D eigenvalue weighted by atomic mass is 10.1. The van der Waals surface area contributed by atoms with Crippen molar-refractivity contribution in [2.45, 2.75) is 31.2 Å². The molecule has 1 aromatic rings. The Morgan fingerprint density at radius 2 is 2.18 bits per heavy atom. The van der Waals surface area contributed by atoms with Gasteiger partial charge >= 0.3 is 0 Å². The minimum Gasteiger partial charge on any atom is -0.273 e. The molecule has 0 aromatic carbocycles. The van der Waals surface area contributed by atoms with E-state index >= 15 is 0 Å². The van der Waals surface area contributed by atoms with E-state index in [0.717, 1.165) is 10.6 Å². The van der Waals surface area contributed by atoms with Crippen molar-refractivity contribution >= 4 is 5.91 Å². The average Bonchev–Trinajstić information content (AvgIpc) is 3.17. The number of carbonyl (C=O) groups is 1. The van der Waals surface area contributed by atoms with Gasteiger partial charge in [0.1, 0.15) is 5.54 Å². The summed E-state index contributed by atoms with van der Waals surface area (Å²) in [6.45, 7) is 0. The third-order valence-corrected chi connectivity index (χ3v) is 3.04. The largest absolute Gasteiger partial charge is 0.273 e. The van der Waals surface area contributed by atoms with Gasteiger partial charge in [-0.2, -0.15) is 5.26 Å². The molecule has 2 rings (SSSR count). The van der Waals surface area contributed by atoms with E-state index in [2.05, 4.69) is 11.1 Å². The predicted molar refractivity (Wildman–Crippen MR) is 61.2 cm³/mol. The van der Waals surface area contributed by atoms with E-state index < -0.39 is 5.54 Å². The highest BCUT2D eigenvalue weighted by Crippen LogP contribution is 2.39. The van der Waals surface area contributed by atoms with Gasteiger partial charge in [-0.1, -0.05) is 0 Å². The minimum absolute atomic E-state index is 0.180. The van der Waals surface area contributed by atoms with Crippen LogP contribution in [0.2, 0.25) is 0 Å². The molecule has 0 unspecified atom stereocenters. The zero-order chi connectivity index (χ0) is 12.3. The van der Waals surface area contributed by atoms with E-state index in [9.17, 15) is 4.79 Å². The molecule has 1 saturated carbocycles. The summed E-state index contributed by atoms with van der Waals surface area (Å²) in [6, 6.07) is 5.83. The number of pyridine rings is 1. The van der Waals surface area contributed by atoms with E-state index in [1.165, 1.54) is 0 Å². The van der Waals surface area contributed by atoms with Gasteiger partial charge in [-0.05, 0) is 37.0 Å². The maximum atomic E-state index is 11.8. The van der Waals surface area contributed by atoms with Gasteiger partial charge in [-0.3, -0.25) is 14.8 Å². The molecule has 0 radical (unpaired) electrons. The molecule has 2 N–H and O–H groups in total. The summed E-state index contributed by atoms with van der Waals surface area (Å²) >= 11 is 0. The van der Waals surface area contributed by atoms with Crippen LogP contribution in [0.1, 0.15) is 24.8 Å². The second-order valence-corrected chi connectivity index (χ2v) is 4.26. The number of carbonyl (C=O) groups excluding carboxylic acids is 1. The molecule has 0 atom stereocenters. The Kier molecular flexibility index (Phi) is 3.07. The van der Waals surface area contributed by atoms with Crippen LogP contribution in [0.5, 0.6) is 0 Å². The molecular weight excluding hydrogens is 216 g/mol. The maximum absolute atomic E-state index is 11.8. The summed E-state index contributed by atoms with van der Waals surface area (Å²) in [4.78, 5) is 15.7. The Morgan fingerprint density at radius 3 is 2.71 bits per heavy atom. The van der Waals surface area contributed by atoms with Crippen molar-refractivity contribution in [1.29, 1.82) is 5.26 Å². The van der Waals surface area contributed by atoms with Crippen LogP contribution in [0.25, 0.3) is 0 Å². The van der Waals surface area contributed by atoms with Gasteiger partial charge in [0.2, 0.25) is 5.91 Å². The normalized spacial score (nSPS) is 16.0. The summed E-state index contributed by atoms with van der Waals surface area (Å²) in [5, 5.41) is 10.0. The van der Waals surface area contributed by atoms with Crippen LogP contribution in [-0.2, 0) is 11.2 Å². The average molecular weight is 230 g/mol. The molecule has 5 nitrogen and oxygen atoms in total. The molecule has 1 amide bonds. The smallest absolute Gasteiger partial charge is 0.238 e. The van der Waals surface area contributed by atoms with Gasteiger partial charge in [0, 0.05) is 18.8 Å². The molecule has 0 saturated heterocycles. The molecule has 5 heteroatoms. The van der Waals surface area contributed by atoms with Gasteiger partial charge < -0.3 is 0 Å². The monoisotopic (exact) mass is 230 g/mol. The first kappa shape index (κ1) is 11.6. The molecule has 0 spiro atoms. The van der Waals surface area contributed by atoms with Crippen LogP contribution in [0.4, 0.5) is 0 Å². The first-order valence-electron chi connectivity index (χ1n) is 5.56. The first-order valence-corrected chi connectivity index (χ1v) is 5.56. The number of nitrogens with two attached hydrogens (primary N) is 1. The van der Waals surface area contributed by atoms with E-state index in [4.69, 9.17) is 11.1 Å². The van der Waals surface area contributed by atoms with E-state index in [-0.39, 0.29) is 5.91 Å². The highest BCUT2D eigenvalue weighted by Gasteiger charge is 2.49. The number of nitriles is 1. The van der Waals surface area contributed by atoms with Crippen molar-refractivity contribution in [3.8, 4) is 6.07 Å². The number of aromatic nitrogens is 1. The lowest BCUT2D eigenvalue weighted by Gasteiger charge is -2.21. The molecule has 0 bridgehead atoms. The molecule has 1 aromatic heterocycles. The van der Waals surface area contributed by atoms with E-state index in [0.29, 0.717) is 25.7 Å².